The minimum atomic E-state index is -0.157. The van der Waals surface area contributed by atoms with Crippen LogP contribution in [0.15, 0.2) is 47.4 Å². The Hall–Kier alpha value is -3.35. The highest BCUT2D eigenvalue weighted by Gasteiger charge is 2.12. The highest BCUT2D eigenvalue weighted by molar-refractivity contribution is 5.56. The summed E-state index contributed by atoms with van der Waals surface area (Å²) in [6.45, 7) is 9.52. The average molecular weight is 437 g/mol. The van der Waals surface area contributed by atoms with Crippen LogP contribution in [0.5, 0.6) is 11.5 Å². The molecule has 0 aliphatic rings. The van der Waals surface area contributed by atoms with E-state index in [1.807, 2.05) is 37.3 Å². The molecule has 3 aromatic rings. The number of ether oxygens (including phenoxy) is 2. The van der Waals surface area contributed by atoms with Crippen LogP contribution >= 0.6 is 0 Å². The van der Waals surface area contributed by atoms with Crippen molar-refractivity contribution >= 4 is 5.82 Å². The number of benzene rings is 1. The summed E-state index contributed by atoms with van der Waals surface area (Å²) in [6.07, 6.45) is 4.29. The standard InChI is InChI=1S/C25H32N4O3/c1-5-12-31-21-10-8-18(14-22(21)32-13-6-2)17(4)27-23-11-9-19(16-26-23)25-28-20(7-3)15-24(30)29-25/h8-11,14-17H,5-7,12-13H2,1-4H3,(H,26,27)(H,28,29,30). The molecule has 7 heteroatoms. The number of nitrogens with zero attached hydrogens (tertiary/aromatic N) is 2. The molecular formula is C25H32N4O3. The van der Waals surface area contributed by atoms with Crippen LogP contribution in [0.25, 0.3) is 11.4 Å². The van der Waals surface area contributed by atoms with Crippen LogP contribution in [0.3, 0.4) is 0 Å². The molecule has 3 rings (SSSR count). The third-order valence-electron chi connectivity index (χ3n) is 4.95. The molecule has 0 aliphatic heterocycles. The van der Waals surface area contributed by atoms with Gasteiger partial charge in [-0.2, -0.15) is 0 Å². The summed E-state index contributed by atoms with van der Waals surface area (Å²) in [5, 5.41) is 3.42. The van der Waals surface area contributed by atoms with Crippen LogP contribution < -0.4 is 20.3 Å². The summed E-state index contributed by atoms with van der Waals surface area (Å²) >= 11 is 0. The molecule has 2 N–H and O–H groups in total. The van der Waals surface area contributed by atoms with Crippen molar-refractivity contribution in [2.24, 2.45) is 0 Å². The summed E-state index contributed by atoms with van der Waals surface area (Å²) in [4.78, 5) is 23.6. The Labute approximate surface area is 189 Å². The SMILES string of the molecule is CCCOc1ccc(C(C)Nc2ccc(-c3nc(CC)cc(=O)[nH]3)cn2)cc1OCCC. The zero-order valence-corrected chi connectivity index (χ0v) is 19.3. The van der Waals surface area contributed by atoms with Crippen LogP contribution in [0.2, 0.25) is 0 Å². The number of H-pyrrole nitrogens is 1. The fraction of sp³-hybridized carbons (Fsp3) is 0.400. The number of aromatic amines is 1. The molecule has 1 unspecified atom stereocenters. The molecule has 1 atom stereocenters. The van der Waals surface area contributed by atoms with E-state index in [2.05, 4.69) is 41.0 Å². The normalized spacial score (nSPS) is 11.8. The fourth-order valence-electron chi connectivity index (χ4n) is 3.20. The molecule has 0 radical (unpaired) electrons. The maximum Gasteiger partial charge on any atom is 0.251 e. The van der Waals surface area contributed by atoms with E-state index in [0.29, 0.717) is 25.5 Å². The zero-order valence-electron chi connectivity index (χ0n) is 19.3. The molecule has 0 saturated heterocycles. The van der Waals surface area contributed by atoms with Crippen LogP contribution in [-0.4, -0.2) is 28.2 Å². The number of nitrogens with one attached hydrogen (secondary N) is 2. The number of rotatable bonds is 11. The summed E-state index contributed by atoms with van der Waals surface area (Å²) in [5.74, 6) is 2.80. The lowest BCUT2D eigenvalue weighted by atomic mass is 10.1. The monoisotopic (exact) mass is 436 g/mol. The Morgan fingerprint density at radius 2 is 1.75 bits per heavy atom. The predicted octanol–water partition coefficient (Wildman–Crippen LogP) is 5.15. The van der Waals surface area contributed by atoms with Crippen molar-refractivity contribution in [1.82, 2.24) is 15.0 Å². The lowest BCUT2D eigenvalue weighted by molar-refractivity contribution is 0.268. The van der Waals surface area contributed by atoms with E-state index >= 15 is 0 Å². The Bertz CT molecular complexity index is 1060. The minimum Gasteiger partial charge on any atom is -0.490 e. The maximum atomic E-state index is 11.8. The lowest BCUT2D eigenvalue weighted by Crippen LogP contribution is -2.11. The molecule has 0 spiro atoms. The first-order valence-electron chi connectivity index (χ1n) is 11.3. The quantitative estimate of drug-likeness (QED) is 0.432. The molecule has 2 heterocycles. The van der Waals surface area contributed by atoms with Crippen LogP contribution in [0.4, 0.5) is 5.82 Å². The van der Waals surface area contributed by atoms with Gasteiger partial charge in [0.1, 0.15) is 11.6 Å². The van der Waals surface area contributed by atoms with Gasteiger partial charge in [-0.05, 0) is 56.0 Å². The first-order chi connectivity index (χ1) is 15.5. The van der Waals surface area contributed by atoms with Crippen molar-refractivity contribution in [3.63, 3.8) is 0 Å². The fourth-order valence-corrected chi connectivity index (χ4v) is 3.20. The predicted molar refractivity (Wildman–Crippen MR) is 128 cm³/mol. The van der Waals surface area contributed by atoms with Gasteiger partial charge in [0.25, 0.3) is 5.56 Å². The Kier molecular flexibility index (Phi) is 8.25. The van der Waals surface area contributed by atoms with E-state index in [1.54, 1.807) is 6.20 Å². The Morgan fingerprint density at radius 1 is 1.00 bits per heavy atom. The highest BCUT2D eigenvalue weighted by atomic mass is 16.5. The van der Waals surface area contributed by atoms with Gasteiger partial charge in [-0.1, -0.05) is 26.8 Å². The molecule has 0 amide bonds. The summed E-state index contributed by atoms with van der Waals surface area (Å²) in [7, 11) is 0. The van der Waals surface area contributed by atoms with Crippen molar-refractivity contribution in [3.05, 3.63) is 64.2 Å². The number of hydrogen-bond donors (Lipinski definition) is 2. The molecule has 0 bridgehead atoms. The zero-order chi connectivity index (χ0) is 22.9. The number of hydrogen-bond acceptors (Lipinski definition) is 6. The van der Waals surface area contributed by atoms with E-state index < -0.39 is 0 Å². The molecule has 0 aliphatic carbocycles. The molecule has 170 valence electrons. The highest BCUT2D eigenvalue weighted by Crippen LogP contribution is 2.32. The van der Waals surface area contributed by atoms with Gasteiger partial charge in [0, 0.05) is 23.5 Å². The second kappa shape index (κ2) is 11.3. The van der Waals surface area contributed by atoms with E-state index in [9.17, 15) is 4.79 Å². The van der Waals surface area contributed by atoms with Gasteiger partial charge < -0.3 is 19.8 Å². The maximum absolute atomic E-state index is 11.8. The molecule has 1 aromatic carbocycles. The van der Waals surface area contributed by atoms with Gasteiger partial charge in [0.15, 0.2) is 11.5 Å². The minimum absolute atomic E-state index is 0.0129. The van der Waals surface area contributed by atoms with Crippen molar-refractivity contribution in [2.45, 2.75) is 53.0 Å². The van der Waals surface area contributed by atoms with Gasteiger partial charge >= 0.3 is 0 Å². The largest absolute Gasteiger partial charge is 0.490 e. The van der Waals surface area contributed by atoms with Gasteiger partial charge in [-0.25, -0.2) is 9.97 Å². The molecule has 7 nitrogen and oxygen atoms in total. The van der Waals surface area contributed by atoms with E-state index in [1.165, 1.54) is 6.07 Å². The van der Waals surface area contributed by atoms with E-state index in [-0.39, 0.29) is 11.6 Å². The average Bonchev–Trinajstić information content (AvgIpc) is 2.81. The number of anilines is 1. The molecule has 2 aromatic heterocycles. The van der Waals surface area contributed by atoms with Crippen molar-refractivity contribution in [1.29, 1.82) is 0 Å². The Morgan fingerprint density at radius 3 is 2.41 bits per heavy atom. The van der Waals surface area contributed by atoms with Gasteiger partial charge in [0.05, 0.1) is 19.3 Å². The molecular weight excluding hydrogens is 404 g/mol. The number of aromatic nitrogens is 3. The van der Waals surface area contributed by atoms with Crippen molar-refractivity contribution in [2.75, 3.05) is 18.5 Å². The first kappa shape index (κ1) is 23.3. The number of pyridine rings is 1. The second-order valence-electron chi connectivity index (χ2n) is 7.64. The second-order valence-corrected chi connectivity index (χ2v) is 7.64. The smallest absolute Gasteiger partial charge is 0.251 e. The van der Waals surface area contributed by atoms with Gasteiger partial charge in [-0.15, -0.1) is 0 Å². The van der Waals surface area contributed by atoms with Gasteiger partial charge in [0.2, 0.25) is 0 Å². The van der Waals surface area contributed by atoms with Crippen LogP contribution in [-0.2, 0) is 6.42 Å². The molecule has 32 heavy (non-hydrogen) atoms. The summed E-state index contributed by atoms with van der Waals surface area (Å²) < 4.78 is 11.7. The first-order valence-corrected chi connectivity index (χ1v) is 11.3. The topological polar surface area (TPSA) is 89.1 Å². The third kappa shape index (κ3) is 6.09. The van der Waals surface area contributed by atoms with E-state index in [4.69, 9.17) is 9.47 Å². The van der Waals surface area contributed by atoms with Crippen molar-refractivity contribution in [3.8, 4) is 22.9 Å². The van der Waals surface area contributed by atoms with E-state index in [0.717, 1.165) is 47.0 Å². The molecule has 0 fully saturated rings. The summed E-state index contributed by atoms with van der Waals surface area (Å²) in [6, 6.07) is 11.4. The van der Waals surface area contributed by atoms with Gasteiger partial charge in [-0.3, -0.25) is 4.79 Å². The lowest BCUT2D eigenvalue weighted by Gasteiger charge is -2.18. The van der Waals surface area contributed by atoms with Crippen molar-refractivity contribution < 1.29 is 9.47 Å². The van der Waals surface area contributed by atoms with Crippen LogP contribution in [0, 0.1) is 0 Å². The molecule has 0 saturated carbocycles. The third-order valence-corrected chi connectivity index (χ3v) is 4.95. The van der Waals surface area contributed by atoms with Crippen LogP contribution in [0.1, 0.15) is 57.8 Å². The number of aryl methyl sites for hydroxylation is 1. The Balaban J connectivity index is 1.74. The summed E-state index contributed by atoms with van der Waals surface area (Å²) in [5.41, 5.74) is 2.44.